The quantitative estimate of drug-likeness (QED) is 0.399. The largest absolute Gasteiger partial charge is 0.383 e. The molecule has 0 aliphatic rings. The number of hydrogen-bond donors (Lipinski definition) is 2. The molecule has 194 valence electrons. The number of carbonyl (C=O) groups is 1. The first-order valence-electron chi connectivity index (χ1n) is 12.5. The fraction of sp³-hybridized carbons (Fsp3) is 0.577. The lowest BCUT2D eigenvalue weighted by atomic mass is 10.1. The Kier molecular flexibility index (Phi) is 11.7. The lowest BCUT2D eigenvalue weighted by Gasteiger charge is -2.28. The minimum atomic E-state index is -0.635. The standard InChI is InChI=1S/C26H41N5O4/c1-5-6-15-30(23-24(27)31(18-20(2)3)26(34)28-25(23)33)22(32)19-29(16-17-35-4)14-10-13-21-11-8-7-9-12-21/h7-9,11-12,20H,5-6,10,13-19,27H2,1-4H3,(H,28,33,34). The number of methoxy groups -OCH3 is 1. The van der Waals surface area contributed by atoms with Gasteiger partial charge in [-0.25, -0.2) is 4.79 Å². The van der Waals surface area contributed by atoms with Crippen LogP contribution in [-0.2, 0) is 22.5 Å². The van der Waals surface area contributed by atoms with Crippen LogP contribution in [0.5, 0.6) is 0 Å². The molecule has 0 fully saturated rings. The Bertz CT molecular complexity index is 1030. The van der Waals surface area contributed by atoms with E-state index in [-0.39, 0.29) is 29.9 Å². The first kappa shape index (κ1) is 28.3. The highest BCUT2D eigenvalue weighted by atomic mass is 16.5. The summed E-state index contributed by atoms with van der Waals surface area (Å²) in [5, 5.41) is 0. The van der Waals surface area contributed by atoms with Gasteiger partial charge in [0.1, 0.15) is 5.82 Å². The minimum absolute atomic E-state index is 0.0319. The SMILES string of the molecule is CCCCN(C(=O)CN(CCCc1ccccc1)CCOC)c1c(N)n(CC(C)C)c(=O)[nH]c1=O. The van der Waals surface area contributed by atoms with E-state index in [0.29, 0.717) is 39.2 Å². The van der Waals surface area contributed by atoms with Gasteiger partial charge in [0.25, 0.3) is 5.56 Å². The van der Waals surface area contributed by atoms with Gasteiger partial charge in [-0.15, -0.1) is 0 Å². The molecule has 3 N–H and O–H groups in total. The van der Waals surface area contributed by atoms with Crippen molar-refractivity contribution in [2.75, 3.05) is 50.5 Å². The third-order valence-corrected chi connectivity index (χ3v) is 5.82. The van der Waals surface area contributed by atoms with Crippen molar-refractivity contribution in [1.82, 2.24) is 14.5 Å². The summed E-state index contributed by atoms with van der Waals surface area (Å²) in [6, 6.07) is 10.2. The summed E-state index contributed by atoms with van der Waals surface area (Å²) in [5.41, 5.74) is 6.43. The van der Waals surface area contributed by atoms with Crippen LogP contribution in [0.4, 0.5) is 11.5 Å². The summed E-state index contributed by atoms with van der Waals surface area (Å²) in [6.07, 6.45) is 3.35. The number of anilines is 2. The second-order valence-electron chi connectivity index (χ2n) is 9.25. The fourth-order valence-corrected chi connectivity index (χ4v) is 3.98. The number of nitrogens with zero attached hydrogens (tertiary/aromatic N) is 3. The van der Waals surface area contributed by atoms with E-state index >= 15 is 0 Å². The minimum Gasteiger partial charge on any atom is -0.383 e. The van der Waals surface area contributed by atoms with Crippen LogP contribution in [0.2, 0.25) is 0 Å². The molecular weight excluding hydrogens is 446 g/mol. The van der Waals surface area contributed by atoms with E-state index in [9.17, 15) is 14.4 Å². The average Bonchev–Trinajstić information content (AvgIpc) is 2.82. The molecule has 0 saturated carbocycles. The summed E-state index contributed by atoms with van der Waals surface area (Å²) in [5.74, 6) is -0.0478. The number of aromatic nitrogens is 2. The number of rotatable bonds is 15. The number of ether oxygens (including phenoxy) is 1. The molecule has 0 atom stereocenters. The highest BCUT2D eigenvalue weighted by molar-refractivity contribution is 5.96. The molecule has 0 saturated heterocycles. The molecule has 0 spiro atoms. The van der Waals surface area contributed by atoms with E-state index < -0.39 is 11.2 Å². The van der Waals surface area contributed by atoms with Crippen LogP contribution in [0.1, 0.15) is 45.6 Å². The zero-order valence-electron chi connectivity index (χ0n) is 21.6. The Labute approximate surface area is 207 Å². The summed E-state index contributed by atoms with van der Waals surface area (Å²) in [7, 11) is 1.63. The van der Waals surface area contributed by atoms with Gasteiger partial charge in [0.05, 0.1) is 13.2 Å². The number of carbonyl (C=O) groups excluding carboxylic acids is 1. The lowest BCUT2D eigenvalue weighted by molar-refractivity contribution is -0.120. The second-order valence-corrected chi connectivity index (χ2v) is 9.25. The van der Waals surface area contributed by atoms with E-state index in [2.05, 4.69) is 17.1 Å². The zero-order chi connectivity index (χ0) is 25.8. The maximum atomic E-state index is 13.5. The average molecular weight is 488 g/mol. The zero-order valence-corrected chi connectivity index (χ0v) is 21.6. The van der Waals surface area contributed by atoms with Gasteiger partial charge in [0.2, 0.25) is 5.91 Å². The van der Waals surface area contributed by atoms with Crippen molar-refractivity contribution < 1.29 is 9.53 Å². The molecule has 0 bridgehead atoms. The summed E-state index contributed by atoms with van der Waals surface area (Å²) in [4.78, 5) is 44.6. The molecule has 0 aliphatic carbocycles. The van der Waals surface area contributed by atoms with Gasteiger partial charge < -0.3 is 15.4 Å². The molecule has 2 aromatic rings. The molecule has 9 nitrogen and oxygen atoms in total. The van der Waals surface area contributed by atoms with Crippen molar-refractivity contribution in [1.29, 1.82) is 0 Å². The lowest BCUT2D eigenvalue weighted by Crippen LogP contribution is -2.46. The highest BCUT2D eigenvalue weighted by Gasteiger charge is 2.25. The highest BCUT2D eigenvalue weighted by Crippen LogP contribution is 2.19. The summed E-state index contributed by atoms with van der Waals surface area (Å²) >= 11 is 0. The van der Waals surface area contributed by atoms with Crippen molar-refractivity contribution >= 4 is 17.4 Å². The van der Waals surface area contributed by atoms with Gasteiger partial charge in [0.15, 0.2) is 5.69 Å². The van der Waals surface area contributed by atoms with Crippen LogP contribution in [0.25, 0.3) is 0 Å². The maximum Gasteiger partial charge on any atom is 0.330 e. The Morgan fingerprint density at radius 1 is 1.11 bits per heavy atom. The predicted molar refractivity (Wildman–Crippen MR) is 141 cm³/mol. The molecule has 1 amide bonds. The van der Waals surface area contributed by atoms with Crippen LogP contribution in [0, 0.1) is 5.92 Å². The molecule has 1 aromatic heterocycles. The first-order valence-corrected chi connectivity index (χ1v) is 12.5. The first-order chi connectivity index (χ1) is 16.8. The van der Waals surface area contributed by atoms with Gasteiger partial charge in [-0.1, -0.05) is 57.5 Å². The third-order valence-electron chi connectivity index (χ3n) is 5.82. The molecule has 0 aliphatic heterocycles. The summed E-state index contributed by atoms with van der Waals surface area (Å²) in [6.45, 7) is 8.57. The Balaban J connectivity index is 2.26. The fourth-order valence-electron chi connectivity index (χ4n) is 3.98. The molecule has 0 unspecified atom stereocenters. The van der Waals surface area contributed by atoms with Gasteiger partial charge >= 0.3 is 5.69 Å². The summed E-state index contributed by atoms with van der Waals surface area (Å²) < 4.78 is 6.60. The Morgan fingerprint density at radius 2 is 1.83 bits per heavy atom. The van der Waals surface area contributed by atoms with E-state index in [0.717, 1.165) is 19.3 Å². The molecular formula is C26H41N5O4. The molecule has 35 heavy (non-hydrogen) atoms. The van der Waals surface area contributed by atoms with Gasteiger partial charge in [-0.2, -0.15) is 0 Å². The number of hydrogen-bond acceptors (Lipinski definition) is 6. The number of nitrogens with two attached hydrogens (primary N) is 1. The number of nitrogens with one attached hydrogen (secondary N) is 1. The number of amides is 1. The van der Waals surface area contributed by atoms with Crippen molar-refractivity contribution in [3.63, 3.8) is 0 Å². The number of nitrogen functional groups attached to an aromatic ring is 1. The van der Waals surface area contributed by atoms with Crippen LogP contribution in [0.15, 0.2) is 39.9 Å². The number of aromatic amines is 1. The topological polar surface area (TPSA) is 114 Å². The third kappa shape index (κ3) is 8.67. The van der Waals surface area contributed by atoms with Gasteiger partial charge in [0, 0.05) is 26.7 Å². The van der Waals surface area contributed by atoms with Crippen molar-refractivity contribution in [2.24, 2.45) is 5.92 Å². The second kappa shape index (κ2) is 14.5. The monoisotopic (exact) mass is 487 g/mol. The Hall–Kier alpha value is -2.91. The molecule has 1 heterocycles. The molecule has 9 heteroatoms. The van der Waals surface area contributed by atoms with Crippen LogP contribution < -0.4 is 21.9 Å². The van der Waals surface area contributed by atoms with Crippen LogP contribution in [0.3, 0.4) is 0 Å². The Morgan fingerprint density at radius 3 is 2.46 bits per heavy atom. The van der Waals surface area contributed by atoms with E-state index in [1.807, 2.05) is 43.9 Å². The van der Waals surface area contributed by atoms with Gasteiger partial charge in [-0.05, 0) is 37.3 Å². The smallest absolute Gasteiger partial charge is 0.330 e. The normalized spacial score (nSPS) is 11.4. The van der Waals surface area contributed by atoms with Crippen molar-refractivity contribution in [2.45, 2.75) is 53.0 Å². The van der Waals surface area contributed by atoms with Crippen molar-refractivity contribution in [3.8, 4) is 0 Å². The van der Waals surface area contributed by atoms with Crippen LogP contribution in [-0.4, -0.2) is 60.3 Å². The van der Waals surface area contributed by atoms with E-state index in [1.54, 1.807) is 7.11 Å². The number of H-pyrrole nitrogens is 1. The number of benzene rings is 1. The van der Waals surface area contributed by atoms with E-state index in [4.69, 9.17) is 10.5 Å². The molecule has 0 radical (unpaired) electrons. The van der Waals surface area contributed by atoms with Gasteiger partial charge in [-0.3, -0.25) is 24.0 Å². The van der Waals surface area contributed by atoms with E-state index in [1.165, 1.54) is 15.0 Å². The number of unbranched alkanes of at least 4 members (excludes halogenated alkanes) is 1. The van der Waals surface area contributed by atoms with Crippen molar-refractivity contribution in [3.05, 3.63) is 56.7 Å². The molecule has 1 aromatic carbocycles. The maximum absolute atomic E-state index is 13.5. The predicted octanol–water partition coefficient (Wildman–Crippen LogP) is 2.49. The van der Waals surface area contributed by atoms with Crippen LogP contribution >= 0.6 is 0 Å². The number of aryl methyl sites for hydroxylation is 1. The molecule has 2 rings (SSSR count).